The molecular weight excluding hydrogens is 156 g/mol. The number of nitrogens with one attached hydrogen (secondary N) is 1. The Bertz CT molecular complexity index is 245. The molecule has 12 heavy (non-hydrogen) atoms. The fourth-order valence-electron chi connectivity index (χ4n) is 0.512. The predicted octanol–water partition coefficient (Wildman–Crippen LogP) is 1.73. The number of carbonyl (C=O) groups excluding carboxylic acids is 1. The molecule has 0 rings (SSSR count). The van der Waals surface area contributed by atoms with E-state index < -0.39 is 5.91 Å². The Labute approximate surface area is 71.1 Å². The monoisotopic (exact) mass is 168 g/mol. The summed E-state index contributed by atoms with van der Waals surface area (Å²) in [5, 5.41) is 5.68. The number of hydrogen-bond donors (Lipinski definition) is 1. The van der Waals surface area contributed by atoms with Crippen molar-refractivity contribution in [2.24, 2.45) is 5.11 Å². The van der Waals surface area contributed by atoms with Gasteiger partial charge in [0.25, 0.3) is 5.91 Å². The minimum Gasteiger partial charge on any atom is -0.348 e. The van der Waals surface area contributed by atoms with Crippen molar-refractivity contribution in [1.82, 2.24) is 5.32 Å². The van der Waals surface area contributed by atoms with E-state index in [1.54, 1.807) is 0 Å². The summed E-state index contributed by atoms with van der Waals surface area (Å²) in [7, 11) is 0. The van der Waals surface area contributed by atoms with Crippen molar-refractivity contribution < 1.29 is 4.79 Å². The van der Waals surface area contributed by atoms with Gasteiger partial charge in [-0.2, -0.15) is 0 Å². The number of carbonyl (C=O) groups is 1. The zero-order chi connectivity index (χ0) is 9.78. The second kappa shape index (κ2) is 3.78. The molecule has 0 spiro atoms. The van der Waals surface area contributed by atoms with Crippen molar-refractivity contribution in [3.8, 4) is 0 Å². The summed E-state index contributed by atoms with van der Waals surface area (Å²) in [6, 6.07) is 0. The average molecular weight is 168 g/mol. The topological polar surface area (TPSA) is 77.9 Å². The molecule has 0 saturated carbocycles. The highest BCUT2D eigenvalue weighted by Gasteiger charge is 2.14. The zero-order valence-electron chi connectivity index (χ0n) is 7.46. The molecule has 0 aliphatic carbocycles. The number of amides is 1. The zero-order valence-corrected chi connectivity index (χ0v) is 7.46. The van der Waals surface area contributed by atoms with Gasteiger partial charge in [-0.1, -0.05) is 11.7 Å². The van der Waals surface area contributed by atoms with Crippen LogP contribution < -0.4 is 5.32 Å². The second-order valence-corrected chi connectivity index (χ2v) is 3.34. The number of rotatable bonds is 2. The molecule has 66 valence electrons. The van der Waals surface area contributed by atoms with Gasteiger partial charge in [0.1, 0.15) is 0 Å². The normalized spacial score (nSPS) is 9.92. The maximum Gasteiger partial charge on any atom is 0.253 e. The van der Waals surface area contributed by atoms with E-state index in [1.807, 2.05) is 20.8 Å². The number of nitrogens with zero attached hydrogens (tertiary/aromatic N) is 3. The molecule has 5 nitrogen and oxygen atoms in total. The van der Waals surface area contributed by atoms with Gasteiger partial charge in [0.2, 0.25) is 0 Å². The Balaban J connectivity index is 4.24. The standard InChI is InChI=1S/C7H12N4O/c1-5(10-11-8)6(12)9-7(2,3)4/h1H2,2-4H3,(H,9,12). The van der Waals surface area contributed by atoms with Gasteiger partial charge in [-0.05, 0) is 26.3 Å². The van der Waals surface area contributed by atoms with E-state index in [2.05, 4.69) is 21.9 Å². The van der Waals surface area contributed by atoms with Crippen LogP contribution >= 0.6 is 0 Å². The van der Waals surface area contributed by atoms with E-state index in [4.69, 9.17) is 5.53 Å². The van der Waals surface area contributed by atoms with E-state index in [0.717, 1.165) is 0 Å². The van der Waals surface area contributed by atoms with E-state index >= 15 is 0 Å². The Morgan fingerprint density at radius 2 is 2.08 bits per heavy atom. The first kappa shape index (κ1) is 10.5. The van der Waals surface area contributed by atoms with Crippen molar-refractivity contribution in [3.63, 3.8) is 0 Å². The molecule has 0 aromatic carbocycles. The molecule has 0 heterocycles. The van der Waals surface area contributed by atoms with Crippen molar-refractivity contribution in [2.75, 3.05) is 0 Å². The highest BCUT2D eigenvalue weighted by Crippen LogP contribution is 2.01. The molecule has 0 saturated heterocycles. The van der Waals surface area contributed by atoms with Gasteiger partial charge >= 0.3 is 0 Å². The highest BCUT2D eigenvalue weighted by atomic mass is 16.2. The van der Waals surface area contributed by atoms with Crippen molar-refractivity contribution in [1.29, 1.82) is 0 Å². The van der Waals surface area contributed by atoms with Crippen LogP contribution in [0.25, 0.3) is 10.4 Å². The first-order chi connectivity index (χ1) is 5.37. The molecule has 0 aliphatic rings. The lowest BCUT2D eigenvalue weighted by Gasteiger charge is -2.19. The van der Waals surface area contributed by atoms with Crippen molar-refractivity contribution in [3.05, 3.63) is 22.7 Å². The molecule has 0 bridgehead atoms. The Kier molecular flexibility index (Phi) is 3.31. The van der Waals surface area contributed by atoms with Crippen molar-refractivity contribution >= 4 is 5.91 Å². The minimum atomic E-state index is -0.444. The SMILES string of the molecule is C=C(N=[N+]=[N-])C(=O)NC(C)(C)C. The fourth-order valence-corrected chi connectivity index (χ4v) is 0.512. The van der Waals surface area contributed by atoms with Crippen molar-refractivity contribution in [2.45, 2.75) is 26.3 Å². The van der Waals surface area contributed by atoms with Crippen LogP contribution in [-0.4, -0.2) is 11.4 Å². The molecule has 0 aliphatic heterocycles. The predicted molar refractivity (Wildman–Crippen MR) is 46.2 cm³/mol. The summed E-state index contributed by atoms with van der Waals surface area (Å²) in [5.41, 5.74) is 7.54. The number of hydrogen-bond acceptors (Lipinski definition) is 2. The summed E-state index contributed by atoms with van der Waals surface area (Å²) < 4.78 is 0. The van der Waals surface area contributed by atoms with E-state index in [9.17, 15) is 4.79 Å². The maximum absolute atomic E-state index is 11.1. The van der Waals surface area contributed by atoms with E-state index in [0.29, 0.717) is 0 Å². The quantitative estimate of drug-likeness (QED) is 0.290. The lowest BCUT2D eigenvalue weighted by Crippen LogP contribution is -2.40. The number of azide groups is 1. The first-order valence-electron chi connectivity index (χ1n) is 3.43. The summed E-state index contributed by atoms with van der Waals surface area (Å²) in [6.07, 6.45) is 0. The van der Waals surface area contributed by atoms with E-state index in [1.165, 1.54) is 0 Å². The van der Waals surface area contributed by atoms with Gasteiger partial charge < -0.3 is 5.32 Å². The van der Waals surface area contributed by atoms with Crippen LogP contribution in [0, 0.1) is 0 Å². The summed E-state index contributed by atoms with van der Waals surface area (Å²) >= 11 is 0. The Morgan fingerprint density at radius 1 is 1.58 bits per heavy atom. The molecule has 1 N–H and O–H groups in total. The van der Waals surface area contributed by atoms with Crippen LogP contribution in [0.3, 0.4) is 0 Å². The van der Waals surface area contributed by atoms with Crippen LogP contribution in [0.15, 0.2) is 17.4 Å². The van der Waals surface area contributed by atoms with Gasteiger partial charge in [0.05, 0.1) is 5.70 Å². The smallest absolute Gasteiger partial charge is 0.253 e. The lowest BCUT2D eigenvalue weighted by molar-refractivity contribution is -0.118. The third kappa shape index (κ3) is 4.35. The van der Waals surface area contributed by atoms with Gasteiger partial charge in [-0.25, -0.2) is 0 Å². The Hall–Kier alpha value is -1.48. The fraction of sp³-hybridized carbons (Fsp3) is 0.571. The molecular formula is C7H12N4O. The lowest BCUT2D eigenvalue weighted by atomic mass is 10.1. The van der Waals surface area contributed by atoms with Gasteiger partial charge in [-0.15, -0.1) is 0 Å². The molecule has 0 unspecified atom stereocenters. The van der Waals surface area contributed by atoms with Gasteiger partial charge in [0, 0.05) is 10.5 Å². The van der Waals surface area contributed by atoms with Gasteiger partial charge in [0.15, 0.2) is 0 Å². The third-order valence-electron chi connectivity index (χ3n) is 0.916. The molecule has 5 heteroatoms. The molecule has 0 aromatic rings. The largest absolute Gasteiger partial charge is 0.348 e. The van der Waals surface area contributed by atoms with E-state index in [-0.39, 0.29) is 11.2 Å². The van der Waals surface area contributed by atoms with Crippen LogP contribution in [0.1, 0.15) is 20.8 Å². The van der Waals surface area contributed by atoms with Crippen LogP contribution in [0.4, 0.5) is 0 Å². The Morgan fingerprint density at radius 3 is 2.42 bits per heavy atom. The van der Waals surface area contributed by atoms with Crippen LogP contribution in [0.2, 0.25) is 0 Å². The van der Waals surface area contributed by atoms with Gasteiger partial charge in [-0.3, -0.25) is 4.79 Å². The molecule has 0 aromatic heterocycles. The summed E-state index contributed by atoms with van der Waals surface area (Å²) in [5.74, 6) is -0.444. The molecule has 1 amide bonds. The third-order valence-corrected chi connectivity index (χ3v) is 0.916. The maximum atomic E-state index is 11.1. The average Bonchev–Trinajstić information content (AvgIpc) is 1.84. The molecule has 0 radical (unpaired) electrons. The molecule has 0 fully saturated rings. The van der Waals surface area contributed by atoms with Crippen LogP contribution in [0.5, 0.6) is 0 Å². The summed E-state index contributed by atoms with van der Waals surface area (Å²) in [4.78, 5) is 13.5. The summed E-state index contributed by atoms with van der Waals surface area (Å²) in [6.45, 7) is 8.78. The second-order valence-electron chi connectivity index (χ2n) is 3.34. The minimum absolute atomic E-state index is 0.118. The first-order valence-corrected chi connectivity index (χ1v) is 3.43. The van der Waals surface area contributed by atoms with Crippen LogP contribution in [-0.2, 0) is 4.79 Å². The molecule has 0 atom stereocenters. The highest BCUT2D eigenvalue weighted by molar-refractivity contribution is 5.92.